The molecule has 1 nitrogen and oxygen atoms in total. The summed E-state index contributed by atoms with van der Waals surface area (Å²) in [6.45, 7) is 4.34. The van der Waals surface area contributed by atoms with E-state index < -0.39 is 0 Å². The minimum Gasteiger partial charge on any atom is -0.298 e. The minimum absolute atomic E-state index is 0.253. The third-order valence-corrected chi connectivity index (χ3v) is 2.79. The molecule has 0 aliphatic heterocycles. The van der Waals surface area contributed by atoms with E-state index in [2.05, 4.69) is 4.90 Å². The lowest BCUT2D eigenvalue weighted by Gasteiger charge is -2.19. The highest BCUT2D eigenvalue weighted by Gasteiger charge is 2.07. The first-order valence-corrected chi connectivity index (χ1v) is 5.81. The molecule has 0 aliphatic carbocycles. The average Bonchev–Trinajstić information content (AvgIpc) is 2.22. The van der Waals surface area contributed by atoms with Crippen molar-refractivity contribution in [1.82, 2.24) is 4.90 Å². The standard InChI is InChI=1S/C11H14Cl2FN/c1-2-15(6-5-12)8-9-7-10(14)3-4-11(9)13/h3-4,7H,2,5-6,8H2,1H3. The predicted octanol–water partition coefficient (Wildman–Crippen LogP) is 3.54. The van der Waals surface area contributed by atoms with Gasteiger partial charge in [0.15, 0.2) is 0 Å². The Labute approximate surface area is 99.8 Å². The molecular formula is C11H14Cl2FN. The van der Waals surface area contributed by atoms with Gasteiger partial charge < -0.3 is 0 Å². The van der Waals surface area contributed by atoms with Gasteiger partial charge >= 0.3 is 0 Å². The number of hydrogen-bond donors (Lipinski definition) is 0. The Bertz CT molecular complexity index is 317. The Morgan fingerprint density at radius 3 is 2.73 bits per heavy atom. The third-order valence-electron chi connectivity index (χ3n) is 2.25. The summed E-state index contributed by atoms with van der Waals surface area (Å²) in [5, 5.41) is 0.601. The Hall–Kier alpha value is -0.310. The van der Waals surface area contributed by atoms with Crippen LogP contribution in [0.1, 0.15) is 12.5 Å². The second kappa shape index (κ2) is 6.31. The van der Waals surface area contributed by atoms with Gasteiger partial charge in [0.25, 0.3) is 0 Å². The van der Waals surface area contributed by atoms with Crippen molar-refractivity contribution in [2.75, 3.05) is 19.0 Å². The van der Waals surface area contributed by atoms with Gasteiger partial charge in [-0.3, -0.25) is 4.90 Å². The fourth-order valence-corrected chi connectivity index (χ4v) is 1.79. The van der Waals surface area contributed by atoms with E-state index >= 15 is 0 Å². The number of benzene rings is 1. The molecule has 0 heterocycles. The highest BCUT2D eigenvalue weighted by atomic mass is 35.5. The maximum absolute atomic E-state index is 13.0. The molecule has 1 aromatic rings. The van der Waals surface area contributed by atoms with Crippen molar-refractivity contribution in [2.45, 2.75) is 13.5 Å². The lowest BCUT2D eigenvalue weighted by molar-refractivity contribution is 0.297. The number of hydrogen-bond acceptors (Lipinski definition) is 1. The Morgan fingerprint density at radius 1 is 1.40 bits per heavy atom. The molecule has 0 aromatic heterocycles. The molecule has 0 spiro atoms. The summed E-state index contributed by atoms with van der Waals surface area (Å²) in [6, 6.07) is 4.42. The largest absolute Gasteiger partial charge is 0.298 e. The first-order chi connectivity index (χ1) is 7.17. The molecule has 1 aromatic carbocycles. The molecule has 0 saturated heterocycles. The van der Waals surface area contributed by atoms with Gasteiger partial charge in [0.1, 0.15) is 5.82 Å². The lowest BCUT2D eigenvalue weighted by Crippen LogP contribution is -2.25. The maximum atomic E-state index is 13.0. The van der Waals surface area contributed by atoms with Crippen LogP contribution in [0.2, 0.25) is 5.02 Å². The monoisotopic (exact) mass is 249 g/mol. The molecule has 0 saturated carbocycles. The van der Waals surface area contributed by atoms with Crippen LogP contribution >= 0.6 is 23.2 Å². The van der Waals surface area contributed by atoms with Gasteiger partial charge in [-0.05, 0) is 30.3 Å². The van der Waals surface area contributed by atoms with Crippen LogP contribution in [0.15, 0.2) is 18.2 Å². The highest BCUT2D eigenvalue weighted by molar-refractivity contribution is 6.31. The van der Waals surface area contributed by atoms with Crippen LogP contribution in [0.25, 0.3) is 0 Å². The quantitative estimate of drug-likeness (QED) is 0.722. The molecular weight excluding hydrogens is 236 g/mol. The maximum Gasteiger partial charge on any atom is 0.123 e. The molecule has 84 valence electrons. The first kappa shape index (κ1) is 12.8. The fourth-order valence-electron chi connectivity index (χ4n) is 1.37. The summed E-state index contributed by atoms with van der Waals surface area (Å²) in [4.78, 5) is 2.12. The van der Waals surface area contributed by atoms with Gasteiger partial charge in [-0.15, -0.1) is 11.6 Å². The third kappa shape index (κ3) is 3.98. The molecule has 0 radical (unpaired) electrons. The number of rotatable bonds is 5. The van der Waals surface area contributed by atoms with Crippen LogP contribution in [0.3, 0.4) is 0 Å². The fraction of sp³-hybridized carbons (Fsp3) is 0.455. The lowest BCUT2D eigenvalue weighted by atomic mass is 10.2. The Morgan fingerprint density at radius 2 is 2.13 bits per heavy atom. The summed E-state index contributed by atoms with van der Waals surface area (Å²) >= 11 is 11.6. The summed E-state index contributed by atoms with van der Waals surface area (Å²) in [7, 11) is 0. The van der Waals surface area contributed by atoms with Crippen molar-refractivity contribution in [2.24, 2.45) is 0 Å². The van der Waals surface area contributed by atoms with E-state index in [0.29, 0.717) is 17.4 Å². The van der Waals surface area contributed by atoms with Crippen molar-refractivity contribution in [3.05, 3.63) is 34.6 Å². The van der Waals surface area contributed by atoms with Crippen molar-refractivity contribution < 1.29 is 4.39 Å². The second-order valence-electron chi connectivity index (χ2n) is 3.29. The molecule has 4 heteroatoms. The highest BCUT2D eigenvalue weighted by Crippen LogP contribution is 2.18. The van der Waals surface area contributed by atoms with E-state index in [1.54, 1.807) is 6.07 Å². The molecule has 0 bridgehead atoms. The normalized spacial score (nSPS) is 11.0. The molecule has 0 atom stereocenters. The van der Waals surface area contributed by atoms with Crippen molar-refractivity contribution >= 4 is 23.2 Å². The summed E-state index contributed by atoms with van der Waals surface area (Å²) in [6.07, 6.45) is 0. The van der Waals surface area contributed by atoms with Crippen LogP contribution in [0, 0.1) is 5.82 Å². The van der Waals surface area contributed by atoms with Crippen LogP contribution in [-0.4, -0.2) is 23.9 Å². The van der Waals surface area contributed by atoms with Crippen molar-refractivity contribution in [3.63, 3.8) is 0 Å². The predicted molar refractivity (Wildman–Crippen MR) is 63.1 cm³/mol. The molecule has 0 aliphatic rings. The molecule has 15 heavy (non-hydrogen) atoms. The van der Waals surface area contributed by atoms with E-state index in [4.69, 9.17) is 23.2 Å². The van der Waals surface area contributed by atoms with Gasteiger partial charge in [0.05, 0.1) is 0 Å². The zero-order chi connectivity index (χ0) is 11.3. The zero-order valence-electron chi connectivity index (χ0n) is 8.64. The Kier molecular flexibility index (Phi) is 5.37. The zero-order valence-corrected chi connectivity index (χ0v) is 10.2. The van der Waals surface area contributed by atoms with Crippen LogP contribution < -0.4 is 0 Å². The Balaban J connectivity index is 2.73. The van der Waals surface area contributed by atoms with Crippen LogP contribution in [0.5, 0.6) is 0 Å². The van der Waals surface area contributed by atoms with Gasteiger partial charge in [-0.1, -0.05) is 18.5 Å². The summed E-state index contributed by atoms with van der Waals surface area (Å²) in [5.41, 5.74) is 0.809. The summed E-state index contributed by atoms with van der Waals surface area (Å²) in [5.74, 6) is 0.317. The van der Waals surface area contributed by atoms with E-state index in [1.165, 1.54) is 12.1 Å². The first-order valence-electron chi connectivity index (χ1n) is 4.89. The van der Waals surface area contributed by atoms with Gasteiger partial charge in [-0.2, -0.15) is 0 Å². The molecule has 0 unspecified atom stereocenters. The minimum atomic E-state index is -0.253. The van der Waals surface area contributed by atoms with E-state index in [1.807, 2.05) is 6.92 Å². The number of halogens is 3. The number of alkyl halides is 1. The smallest absolute Gasteiger partial charge is 0.123 e. The van der Waals surface area contributed by atoms with Gasteiger partial charge in [-0.25, -0.2) is 4.39 Å². The van der Waals surface area contributed by atoms with Crippen LogP contribution in [-0.2, 0) is 6.54 Å². The topological polar surface area (TPSA) is 3.24 Å². The van der Waals surface area contributed by atoms with Crippen LogP contribution in [0.4, 0.5) is 4.39 Å². The number of nitrogens with zero attached hydrogens (tertiary/aromatic N) is 1. The van der Waals surface area contributed by atoms with Crippen molar-refractivity contribution in [3.8, 4) is 0 Å². The summed E-state index contributed by atoms with van der Waals surface area (Å²) < 4.78 is 13.0. The van der Waals surface area contributed by atoms with Gasteiger partial charge in [0, 0.05) is 24.0 Å². The van der Waals surface area contributed by atoms with E-state index in [0.717, 1.165) is 18.7 Å². The van der Waals surface area contributed by atoms with E-state index in [-0.39, 0.29) is 5.82 Å². The van der Waals surface area contributed by atoms with Gasteiger partial charge in [0.2, 0.25) is 0 Å². The van der Waals surface area contributed by atoms with E-state index in [9.17, 15) is 4.39 Å². The molecule has 1 rings (SSSR count). The van der Waals surface area contributed by atoms with Crippen molar-refractivity contribution in [1.29, 1.82) is 0 Å². The molecule has 0 fully saturated rings. The average molecular weight is 250 g/mol. The second-order valence-corrected chi connectivity index (χ2v) is 4.08. The molecule has 0 N–H and O–H groups in total. The SMILES string of the molecule is CCN(CCCl)Cc1cc(F)ccc1Cl. The molecule has 0 amide bonds.